The Hall–Kier alpha value is -2.72. The van der Waals surface area contributed by atoms with Crippen molar-refractivity contribution in [3.8, 4) is 0 Å². The van der Waals surface area contributed by atoms with Gasteiger partial charge < -0.3 is 14.8 Å². The lowest BCUT2D eigenvalue weighted by Gasteiger charge is -2.36. The number of sulfone groups is 1. The van der Waals surface area contributed by atoms with Gasteiger partial charge in [-0.2, -0.15) is 5.10 Å². The van der Waals surface area contributed by atoms with Gasteiger partial charge in [0.2, 0.25) is 0 Å². The van der Waals surface area contributed by atoms with Crippen LogP contribution in [0, 0.1) is 5.41 Å². The molecule has 2 aliphatic rings. The van der Waals surface area contributed by atoms with E-state index in [4.69, 9.17) is 14.6 Å². The zero-order valence-electron chi connectivity index (χ0n) is 20.3. The summed E-state index contributed by atoms with van der Waals surface area (Å²) in [6.45, 7) is 6.33. The van der Waals surface area contributed by atoms with Gasteiger partial charge in [-0.3, -0.25) is 9.48 Å². The molecule has 0 unspecified atom stereocenters. The third kappa shape index (κ3) is 5.43. The molecule has 2 aromatic rings. The average molecular weight is 504 g/mol. The number of fused-ring (bicyclic) bond motifs is 1. The summed E-state index contributed by atoms with van der Waals surface area (Å²) in [7, 11) is -3.31. The Bertz CT molecular complexity index is 1180. The number of esters is 1. The highest BCUT2D eigenvalue weighted by Crippen LogP contribution is 2.37. The Balaban J connectivity index is 1.41. The summed E-state index contributed by atoms with van der Waals surface area (Å²) in [6, 6.07) is 5.80. The molecule has 0 atom stereocenters. The minimum atomic E-state index is -3.31. The summed E-state index contributed by atoms with van der Waals surface area (Å²) in [5.74, 6) is -0.560. The van der Waals surface area contributed by atoms with Crippen LogP contribution in [-0.4, -0.2) is 62.2 Å². The fourth-order valence-electron chi connectivity index (χ4n) is 4.79. The van der Waals surface area contributed by atoms with Gasteiger partial charge in [0.15, 0.2) is 9.84 Å². The number of nitrogens with zero attached hydrogens (tertiary/aromatic N) is 2. The number of hydrogen-bond donors (Lipinski definition) is 1. The Kier molecular flexibility index (Phi) is 7.61. The molecule has 3 heterocycles. The number of aryl methyl sites for hydroxylation is 2. The smallest absolute Gasteiger partial charge is 0.338 e. The van der Waals surface area contributed by atoms with Crippen molar-refractivity contribution >= 4 is 21.7 Å². The topological polar surface area (TPSA) is 117 Å². The third-order valence-corrected chi connectivity index (χ3v) is 8.74. The summed E-state index contributed by atoms with van der Waals surface area (Å²) in [6.07, 6.45) is 3.77. The second kappa shape index (κ2) is 10.5. The van der Waals surface area contributed by atoms with E-state index < -0.39 is 15.8 Å². The van der Waals surface area contributed by atoms with Crippen molar-refractivity contribution in [3.63, 3.8) is 0 Å². The lowest BCUT2D eigenvalue weighted by Crippen LogP contribution is -2.40. The zero-order chi connectivity index (χ0) is 25.1. The van der Waals surface area contributed by atoms with E-state index in [1.165, 1.54) is 24.3 Å². The van der Waals surface area contributed by atoms with Crippen LogP contribution in [0.2, 0.25) is 0 Å². The van der Waals surface area contributed by atoms with Gasteiger partial charge in [0.1, 0.15) is 0 Å². The first-order valence-corrected chi connectivity index (χ1v) is 13.9. The van der Waals surface area contributed by atoms with E-state index in [9.17, 15) is 18.0 Å². The van der Waals surface area contributed by atoms with Crippen molar-refractivity contribution in [1.29, 1.82) is 0 Å². The molecule has 1 N–H and O–H groups in total. The molecule has 1 amide bonds. The Morgan fingerprint density at radius 2 is 1.91 bits per heavy atom. The zero-order valence-corrected chi connectivity index (χ0v) is 21.2. The number of hydrogen-bond acceptors (Lipinski definition) is 7. The van der Waals surface area contributed by atoms with Crippen LogP contribution in [0.25, 0.3) is 0 Å². The molecule has 0 saturated carbocycles. The maximum atomic E-state index is 12.9. The van der Waals surface area contributed by atoms with Crippen molar-refractivity contribution in [3.05, 3.63) is 46.8 Å². The summed E-state index contributed by atoms with van der Waals surface area (Å²) >= 11 is 0. The molecular formula is C25H33N3O6S. The predicted molar refractivity (Wildman–Crippen MR) is 129 cm³/mol. The van der Waals surface area contributed by atoms with Crippen LogP contribution in [0.4, 0.5) is 0 Å². The Morgan fingerprint density at radius 1 is 1.20 bits per heavy atom. The van der Waals surface area contributed by atoms with Crippen molar-refractivity contribution in [1.82, 2.24) is 15.1 Å². The standard InChI is InChI=1S/C25H33N3O6S/c1-3-20-22-21(16-25(17-26-23(22)29)10-14-33-15-11-25)28(27-20)12-5-13-34-24(30)18-6-8-19(9-7-18)35(31,32)4-2/h6-9H,3-5,10-17H2,1-2H3,(H,26,29). The van der Waals surface area contributed by atoms with Gasteiger partial charge in [0.05, 0.1) is 39.8 Å². The van der Waals surface area contributed by atoms with Crippen LogP contribution in [0.3, 0.4) is 0 Å². The highest BCUT2D eigenvalue weighted by Gasteiger charge is 2.39. The number of ether oxygens (including phenoxy) is 2. The third-order valence-electron chi connectivity index (χ3n) is 6.99. The molecule has 35 heavy (non-hydrogen) atoms. The van der Waals surface area contributed by atoms with Gasteiger partial charge in [-0.15, -0.1) is 0 Å². The first-order chi connectivity index (χ1) is 16.8. The second-order valence-corrected chi connectivity index (χ2v) is 11.5. The fourth-order valence-corrected chi connectivity index (χ4v) is 5.67. The van der Waals surface area contributed by atoms with E-state index in [0.717, 1.165) is 30.7 Å². The van der Waals surface area contributed by atoms with Crippen LogP contribution in [0.15, 0.2) is 29.2 Å². The molecule has 1 saturated heterocycles. The fraction of sp³-hybridized carbons (Fsp3) is 0.560. The molecular weight excluding hydrogens is 470 g/mol. The summed E-state index contributed by atoms with van der Waals surface area (Å²) in [4.78, 5) is 25.5. The molecule has 0 aliphatic carbocycles. The van der Waals surface area contributed by atoms with E-state index in [1.54, 1.807) is 6.92 Å². The van der Waals surface area contributed by atoms with Crippen molar-refractivity contribution in [2.24, 2.45) is 5.41 Å². The second-order valence-electron chi connectivity index (χ2n) is 9.23. The van der Waals surface area contributed by atoms with Crippen LogP contribution in [0.5, 0.6) is 0 Å². The number of nitrogens with one attached hydrogen (secondary N) is 1. The summed E-state index contributed by atoms with van der Waals surface area (Å²) < 4.78 is 36.8. The molecule has 4 rings (SSSR count). The lowest BCUT2D eigenvalue weighted by molar-refractivity contribution is 0.0152. The highest BCUT2D eigenvalue weighted by molar-refractivity contribution is 7.91. The van der Waals surface area contributed by atoms with Crippen LogP contribution >= 0.6 is 0 Å². The van der Waals surface area contributed by atoms with Gasteiger partial charge in [-0.25, -0.2) is 13.2 Å². The molecule has 1 spiro atoms. The van der Waals surface area contributed by atoms with E-state index in [1.807, 2.05) is 11.6 Å². The largest absolute Gasteiger partial charge is 0.462 e. The average Bonchev–Trinajstić information content (AvgIpc) is 3.15. The minimum Gasteiger partial charge on any atom is -0.462 e. The molecule has 190 valence electrons. The number of amides is 1. The Labute approximate surface area is 206 Å². The van der Waals surface area contributed by atoms with Crippen LogP contribution < -0.4 is 5.32 Å². The predicted octanol–water partition coefficient (Wildman–Crippen LogP) is 2.57. The maximum absolute atomic E-state index is 12.9. The van der Waals surface area contributed by atoms with E-state index in [0.29, 0.717) is 50.3 Å². The molecule has 0 radical (unpaired) electrons. The lowest BCUT2D eigenvalue weighted by atomic mass is 9.76. The van der Waals surface area contributed by atoms with Crippen LogP contribution in [-0.2, 0) is 38.7 Å². The quantitative estimate of drug-likeness (QED) is 0.435. The van der Waals surface area contributed by atoms with E-state index in [2.05, 4.69) is 5.32 Å². The number of carbonyl (C=O) groups is 2. The molecule has 2 aliphatic heterocycles. The van der Waals surface area contributed by atoms with Gasteiger partial charge in [0.25, 0.3) is 5.91 Å². The van der Waals surface area contributed by atoms with Crippen LogP contribution in [0.1, 0.15) is 65.2 Å². The first kappa shape index (κ1) is 25.4. The van der Waals surface area contributed by atoms with Crippen molar-refractivity contribution in [2.75, 3.05) is 32.1 Å². The number of aromatic nitrogens is 2. The normalized spacial score (nSPS) is 17.5. The van der Waals surface area contributed by atoms with Gasteiger partial charge in [-0.1, -0.05) is 13.8 Å². The Morgan fingerprint density at radius 3 is 2.57 bits per heavy atom. The van der Waals surface area contributed by atoms with Gasteiger partial charge in [-0.05, 0) is 55.4 Å². The molecule has 1 aromatic carbocycles. The van der Waals surface area contributed by atoms with Crippen molar-refractivity contribution in [2.45, 2.75) is 57.4 Å². The van der Waals surface area contributed by atoms with Crippen molar-refractivity contribution < 1.29 is 27.5 Å². The molecule has 9 nitrogen and oxygen atoms in total. The first-order valence-electron chi connectivity index (χ1n) is 12.2. The molecule has 1 aromatic heterocycles. The highest BCUT2D eigenvalue weighted by atomic mass is 32.2. The summed E-state index contributed by atoms with van der Waals surface area (Å²) in [5.41, 5.74) is 2.72. The molecule has 10 heteroatoms. The number of benzene rings is 1. The van der Waals surface area contributed by atoms with Gasteiger partial charge >= 0.3 is 5.97 Å². The van der Waals surface area contributed by atoms with Gasteiger partial charge in [0, 0.05) is 32.7 Å². The number of rotatable bonds is 8. The number of carbonyl (C=O) groups excluding carboxylic acids is 2. The molecule has 1 fully saturated rings. The monoisotopic (exact) mass is 503 g/mol. The van der Waals surface area contributed by atoms with E-state index >= 15 is 0 Å². The SMILES string of the molecule is CCc1nn(CCCOC(=O)c2ccc(S(=O)(=O)CC)cc2)c2c1C(=O)NCC1(CCOCC1)C2. The minimum absolute atomic E-state index is 0.00419. The summed E-state index contributed by atoms with van der Waals surface area (Å²) in [5, 5.41) is 7.83. The maximum Gasteiger partial charge on any atom is 0.338 e. The molecule has 0 bridgehead atoms. The van der Waals surface area contributed by atoms with E-state index in [-0.39, 0.29) is 28.6 Å².